The first kappa shape index (κ1) is 15.8. The molecule has 1 aromatic heterocycles. The van der Waals surface area contributed by atoms with E-state index in [0.29, 0.717) is 37.0 Å². The van der Waals surface area contributed by atoms with Crippen LogP contribution in [0.15, 0.2) is 0 Å². The van der Waals surface area contributed by atoms with E-state index in [9.17, 15) is 9.59 Å². The van der Waals surface area contributed by atoms with Gasteiger partial charge in [-0.1, -0.05) is 0 Å². The van der Waals surface area contributed by atoms with E-state index in [1.807, 2.05) is 25.3 Å². The predicted octanol–water partition coefficient (Wildman–Crippen LogP) is 2.24. The Kier molecular flexibility index (Phi) is 4.83. The number of hydrogen-bond donors (Lipinski definition) is 1. The van der Waals surface area contributed by atoms with Crippen LogP contribution in [0.25, 0.3) is 0 Å². The average molecular weight is 292 g/mol. The minimum absolute atomic E-state index is 0.0506. The standard InChI is InChI=1S/C16H24N2O3/c1-5-18-11(4)14(13(19)9-17-12-7-8-12)10(3)15(18)16(20)21-6-2/h12,17H,5-9H2,1-4H3. The summed E-state index contributed by atoms with van der Waals surface area (Å²) in [6, 6.07) is 0.493. The van der Waals surface area contributed by atoms with Crippen molar-refractivity contribution in [1.82, 2.24) is 9.88 Å². The van der Waals surface area contributed by atoms with E-state index in [1.165, 1.54) is 0 Å². The summed E-state index contributed by atoms with van der Waals surface area (Å²) in [5, 5.41) is 3.24. The van der Waals surface area contributed by atoms with Crippen LogP contribution in [-0.2, 0) is 11.3 Å². The van der Waals surface area contributed by atoms with Gasteiger partial charge in [-0.15, -0.1) is 0 Å². The Labute approximate surface area is 125 Å². The summed E-state index contributed by atoms with van der Waals surface area (Å²) in [4.78, 5) is 24.6. The Balaban J connectivity index is 2.31. The first-order valence-corrected chi connectivity index (χ1v) is 7.64. The zero-order chi connectivity index (χ0) is 15.6. The third-order valence-electron chi connectivity index (χ3n) is 3.96. The third kappa shape index (κ3) is 3.18. The molecule has 0 aromatic carbocycles. The van der Waals surface area contributed by atoms with Crippen LogP contribution in [0.4, 0.5) is 0 Å². The second kappa shape index (κ2) is 6.43. The van der Waals surface area contributed by atoms with Gasteiger partial charge in [-0.3, -0.25) is 4.79 Å². The molecular formula is C16H24N2O3. The zero-order valence-corrected chi connectivity index (χ0v) is 13.3. The number of Topliss-reactive ketones (excluding diaryl/α,β-unsaturated/α-hetero) is 1. The van der Waals surface area contributed by atoms with Crippen molar-refractivity contribution in [2.75, 3.05) is 13.2 Å². The summed E-state index contributed by atoms with van der Waals surface area (Å²) in [6.07, 6.45) is 2.30. The summed E-state index contributed by atoms with van der Waals surface area (Å²) in [5.41, 5.74) is 2.75. The van der Waals surface area contributed by atoms with Crippen molar-refractivity contribution in [3.05, 3.63) is 22.5 Å². The molecule has 0 spiro atoms. The first-order chi connectivity index (χ1) is 10.0. The number of nitrogens with zero attached hydrogens (tertiary/aromatic N) is 1. The summed E-state index contributed by atoms with van der Waals surface area (Å²) < 4.78 is 6.99. The van der Waals surface area contributed by atoms with Crippen molar-refractivity contribution < 1.29 is 14.3 Å². The predicted molar refractivity (Wildman–Crippen MR) is 80.9 cm³/mol. The minimum atomic E-state index is -0.353. The topological polar surface area (TPSA) is 60.3 Å². The van der Waals surface area contributed by atoms with Crippen LogP contribution in [0.3, 0.4) is 0 Å². The Bertz CT molecular complexity index is 556. The molecule has 0 unspecified atom stereocenters. The minimum Gasteiger partial charge on any atom is -0.461 e. The fraction of sp³-hybridized carbons (Fsp3) is 0.625. The lowest BCUT2D eigenvalue weighted by atomic mass is 10.1. The van der Waals surface area contributed by atoms with Crippen LogP contribution in [0.1, 0.15) is 58.8 Å². The van der Waals surface area contributed by atoms with Gasteiger partial charge in [0.25, 0.3) is 0 Å². The summed E-state index contributed by atoms with van der Waals surface area (Å²) in [5.74, 6) is -0.302. The molecule has 0 radical (unpaired) electrons. The lowest BCUT2D eigenvalue weighted by Gasteiger charge is -2.08. The van der Waals surface area contributed by atoms with Crippen LogP contribution in [0, 0.1) is 13.8 Å². The normalized spacial score (nSPS) is 14.3. The third-order valence-corrected chi connectivity index (χ3v) is 3.96. The number of ketones is 1. The molecule has 0 atom stereocenters. The second-order valence-electron chi connectivity index (χ2n) is 5.48. The maximum Gasteiger partial charge on any atom is 0.355 e. The van der Waals surface area contributed by atoms with Gasteiger partial charge in [-0.05, 0) is 46.1 Å². The molecule has 5 nitrogen and oxygen atoms in total. The number of hydrogen-bond acceptors (Lipinski definition) is 4. The average Bonchev–Trinajstić information content (AvgIpc) is 3.22. The van der Waals surface area contributed by atoms with Crippen LogP contribution >= 0.6 is 0 Å². The van der Waals surface area contributed by atoms with Gasteiger partial charge in [0.2, 0.25) is 0 Å². The first-order valence-electron chi connectivity index (χ1n) is 7.64. The van der Waals surface area contributed by atoms with Crippen LogP contribution in [0.5, 0.6) is 0 Å². The van der Waals surface area contributed by atoms with Crippen molar-refractivity contribution >= 4 is 11.8 Å². The highest BCUT2D eigenvalue weighted by Gasteiger charge is 2.27. The Morgan fingerprint density at radius 1 is 1.29 bits per heavy atom. The summed E-state index contributed by atoms with van der Waals surface area (Å²) in [7, 11) is 0. The van der Waals surface area contributed by atoms with E-state index in [-0.39, 0.29) is 11.8 Å². The lowest BCUT2D eigenvalue weighted by molar-refractivity contribution is 0.0512. The van der Waals surface area contributed by atoms with Crippen LogP contribution in [-0.4, -0.2) is 35.5 Å². The Morgan fingerprint density at radius 3 is 2.48 bits per heavy atom. The van der Waals surface area contributed by atoms with Gasteiger partial charge in [-0.2, -0.15) is 0 Å². The molecule has 0 saturated heterocycles. The van der Waals surface area contributed by atoms with Gasteiger partial charge in [0.1, 0.15) is 5.69 Å². The highest BCUT2D eigenvalue weighted by Crippen LogP contribution is 2.24. The largest absolute Gasteiger partial charge is 0.461 e. The maximum atomic E-state index is 12.5. The molecule has 116 valence electrons. The fourth-order valence-corrected chi connectivity index (χ4v) is 2.78. The SMILES string of the molecule is CCOC(=O)c1c(C)c(C(=O)CNC2CC2)c(C)n1CC. The quantitative estimate of drug-likeness (QED) is 0.618. The van der Waals surface area contributed by atoms with E-state index in [1.54, 1.807) is 6.92 Å². The molecule has 0 aliphatic heterocycles. The molecule has 1 aliphatic carbocycles. The number of carbonyl (C=O) groups is 2. The maximum absolute atomic E-state index is 12.5. The van der Waals surface area contributed by atoms with Gasteiger partial charge >= 0.3 is 5.97 Å². The van der Waals surface area contributed by atoms with Crippen molar-refractivity contribution in [2.45, 2.75) is 53.1 Å². The van der Waals surface area contributed by atoms with E-state index in [2.05, 4.69) is 5.32 Å². The molecule has 21 heavy (non-hydrogen) atoms. The highest BCUT2D eigenvalue weighted by molar-refractivity contribution is 6.03. The molecule has 1 aromatic rings. The van der Waals surface area contributed by atoms with Crippen molar-refractivity contribution in [3.8, 4) is 0 Å². The molecule has 1 heterocycles. The van der Waals surface area contributed by atoms with Crippen molar-refractivity contribution in [1.29, 1.82) is 0 Å². The van der Waals surface area contributed by atoms with Gasteiger partial charge in [-0.25, -0.2) is 4.79 Å². The smallest absolute Gasteiger partial charge is 0.355 e. The molecule has 1 N–H and O–H groups in total. The molecule has 5 heteroatoms. The molecular weight excluding hydrogens is 268 g/mol. The molecule has 0 amide bonds. The van der Waals surface area contributed by atoms with Crippen LogP contribution in [0.2, 0.25) is 0 Å². The Morgan fingerprint density at radius 2 is 1.95 bits per heavy atom. The van der Waals surface area contributed by atoms with E-state index in [4.69, 9.17) is 4.74 Å². The van der Waals surface area contributed by atoms with Gasteiger partial charge in [0.05, 0.1) is 13.2 Å². The van der Waals surface area contributed by atoms with E-state index in [0.717, 1.165) is 24.1 Å². The molecule has 0 bridgehead atoms. The number of nitrogens with one attached hydrogen (secondary N) is 1. The fourth-order valence-electron chi connectivity index (χ4n) is 2.78. The molecule has 1 aliphatic rings. The second-order valence-corrected chi connectivity index (χ2v) is 5.48. The number of ether oxygens (including phenoxy) is 1. The highest BCUT2D eigenvalue weighted by atomic mass is 16.5. The van der Waals surface area contributed by atoms with Gasteiger partial charge in [0.15, 0.2) is 5.78 Å². The zero-order valence-electron chi connectivity index (χ0n) is 13.3. The number of carbonyl (C=O) groups excluding carboxylic acids is 2. The van der Waals surface area contributed by atoms with Gasteiger partial charge in [0, 0.05) is 23.8 Å². The molecule has 1 fully saturated rings. The lowest BCUT2D eigenvalue weighted by Crippen LogP contribution is -2.25. The number of aromatic nitrogens is 1. The van der Waals surface area contributed by atoms with Gasteiger partial charge < -0.3 is 14.6 Å². The van der Waals surface area contributed by atoms with Crippen LogP contribution < -0.4 is 5.32 Å². The molecule has 2 rings (SSSR count). The summed E-state index contributed by atoms with van der Waals surface area (Å²) in [6.45, 7) is 8.78. The summed E-state index contributed by atoms with van der Waals surface area (Å²) >= 11 is 0. The molecule has 1 saturated carbocycles. The van der Waals surface area contributed by atoms with E-state index >= 15 is 0 Å². The van der Waals surface area contributed by atoms with Crippen molar-refractivity contribution in [2.24, 2.45) is 0 Å². The number of esters is 1. The monoisotopic (exact) mass is 292 g/mol. The number of rotatable bonds is 7. The van der Waals surface area contributed by atoms with E-state index < -0.39 is 0 Å². The Hall–Kier alpha value is -1.62. The van der Waals surface area contributed by atoms with Crippen molar-refractivity contribution in [3.63, 3.8) is 0 Å².